The van der Waals surface area contributed by atoms with Gasteiger partial charge < -0.3 is 36.6 Å². The standard InChI is InChI=1S/C9H23N3O5/c10-1-2-11-3-4-12(5-6-13)8(14)7-9(15,16)17/h8,11,13-17H,1-7,10H2. The SMILES string of the molecule is NCCNCCN(CCO)C(O)CC(O)(O)O. The van der Waals surface area contributed by atoms with Crippen molar-refractivity contribution in [1.82, 2.24) is 10.2 Å². The van der Waals surface area contributed by atoms with Crippen LogP contribution in [0.3, 0.4) is 0 Å². The Balaban J connectivity index is 4.02. The summed E-state index contributed by atoms with van der Waals surface area (Å²) < 4.78 is 0. The number of nitrogens with zero attached hydrogens (tertiary/aromatic N) is 1. The largest absolute Gasteiger partial charge is 0.395 e. The van der Waals surface area contributed by atoms with E-state index >= 15 is 0 Å². The van der Waals surface area contributed by atoms with Crippen LogP contribution in [0.2, 0.25) is 0 Å². The van der Waals surface area contributed by atoms with Gasteiger partial charge in [0.15, 0.2) is 0 Å². The summed E-state index contributed by atoms with van der Waals surface area (Å²) in [4.78, 5) is 1.42. The van der Waals surface area contributed by atoms with Crippen LogP contribution in [0.5, 0.6) is 0 Å². The van der Waals surface area contributed by atoms with Gasteiger partial charge in [-0.05, 0) is 0 Å². The molecular formula is C9H23N3O5. The molecule has 0 saturated heterocycles. The molecule has 0 heterocycles. The molecule has 0 fully saturated rings. The average Bonchev–Trinajstić information content (AvgIpc) is 2.20. The molecule has 0 aliphatic rings. The second-order valence-corrected chi connectivity index (χ2v) is 3.76. The lowest BCUT2D eigenvalue weighted by Gasteiger charge is -2.29. The Morgan fingerprint density at radius 1 is 1.18 bits per heavy atom. The average molecular weight is 253 g/mol. The van der Waals surface area contributed by atoms with Crippen molar-refractivity contribution >= 4 is 0 Å². The topological polar surface area (TPSA) is 142 Å². The number of hydrogen-bond acceptors (Lipinski definition) is 8. The molecule has 0 bridgehead atoms. The molecule has 8 heteroatoms. The normalized spacial score (nSPS) is 14.3. The molecule has 17 heavy (non-hydrogen) atoms. The minimum absolute atomic E-state index is 0.168. The molecule has 104 valence electrons. The van der Waals surface area contributed by atoms with Gasteiger partial charge in [-0.2, -0.15) is 0 Å². The van der Waals surface area contributed by atoms with Crippen molar-refractivity contribution in [1.29, 1.82) is 0 Å². The summed E-state index contributed by atoms with van der Waals surface area (Å²) in [6, 6.07) is 0. The summed E-state index contributed by atoms with van der Waals surface area (Å²) >= 11 is 0. The Labute approximate surface area is 100 Å². The summed E-state index contributed by atoms with van der Waals surface area (Å²) in [6.07, 6.45) is -1.88. The first-order valence-corrected chi connectivity index (χ1v) is 5.51. The van der Waals surface area contributed by atoms with Gasteiger partial charge in [-0.15, -0.1) is 0 Å². The van der Waals surface area contributed by atoms with E-state index in [1.807, 2.05) is 0 Å². The smallest absolute Gasteiger partial charge is 0.279 e. The first kappa shape index (κ1) is 16.7. The maximum absolute atomic E-state index is 9.61. The van der Waals surface area contributed by atoms with E-state index in [0.29, 0.717) is 26.2 Å². The van der Waals surface area contributed by atoms with Gasteiger partial charge in [0, 0.05) is 32.7 Å². The summed E-state index contributed by atoms with van der Waals surface area (Å²) in [5.74, 6) is -2.92. The molecule has 8 nitrogen and oxygen atoms in total. The van der Waals surface area contributed by atoms with Crippen LogP contribution in [-0.4, -0.2) is 82.0 Å². The molecule has 1 atom stereocenters. The van der Waals surface area contributed by atoms with Gasteiger partial charge in [0.25, 0.3) is 5.97 Å². The van der Waals surface area contributed by atoms with Crippen molar-refractivity contribution in [3.05, 3.63) is 0 Å². The highest BCUT2D eigenvalue weighted by molar-refractivity contribution is 4.66. The highest BCUT2D eigenvalue weighted by Crippen LogP contribution is 2.08. The van der Waals surface area contributed by atoms with Crippen LogP contribution >= 0.6 is 0 Å². The Morgan fingerprint density at radius 2 is 1.82 bits per heavy atom. The Bertz CT molecular complexity index is 188. The van der Waals surface area contributed by atoms with Gasteiger partial charge in [0.2, 0.25) is 0 Å². The van der Waals surface area contributed by atoms with Crippen LogP contribution in [0.25, 0.3) is 0 Å². The molecule has 0 aliphatic heterocycles. The second kappa shape index (κ2) is 8.72. The molecule has 0 aliphatic carbocycles. The highest BCUT2D eigenvalue weighted by Gasteiger charge is 2.27. The van der Waals surface area contributed by atoms with Gasteiger partial charge in [-0.3, -0.25) is 4.90 Å². The summed E-state index contributed by atoms with van der Waals surface area (Å²) in [5, 5.41) is 47.6. The zero-order valence-corrected chi connectivity index (χ0v) is 9.79. The number of nitrogens with two attached hydrogens (primary N) is 1. The third-order valence-electron chi connectivity index (χ3n) is 2.16. The molecule has 0 aromatic heterocycles. The van der Waals surface area contributed by atoms with Crippen molar-refractivity contribution in [2.45, 2.75) is 18.6 Å². The van der Waals surface area contributed by atoms with Gasteiger partial charge in [-0.25, -0.2) is 0 Å². The van der Waals surface area contributed by atoms with Crippen molar-refractivity contribution in [3.63, 3.8) is 0 Å². The molecule has 0 radical (unpaired) electrons. The minimum atomic E-state index is -2.92. The maximum Gasteiger partial charge on any atom is 0.279 e. The third kappa shape index (κ3) is 9.39. The number of nitrogens with one attached hydrogen (secondary N) is 1. The van der Waals surface area contributed by atoms with Gasteiger partial charge in [0.1, 0.15) is 6.23 Å². The van der Waals surface area contributed by atoms with Crippen molar-refractivity contribution in [3.8, 4) is 0 Å². The van der Waals surface area contributed by atoms with Crippen molar-refractivity contribution in [2.24, 2.45) is 5.73 Å². The van der Waals surface area contributed by atoms with Crippen LogP contribution in [0.4, 0.5) is 0 Å². The molecule has 0 aromatic carbocycles. The molecule has 8 N–H and O–H groups in total. The van der Waals surface area contributed by atoms with Crippen LogP contribution in [-0.2, 0) is 0 Å². The van der Waals surface area contributed by atoms with Crippen LogP contribution < -0.4 is 11.1 Å². The lowest BCUT2D eigenvalue weighted by molar-refractivity contribution is -0.328. The number of aliphatic hydroxyl groups excluding tert-OH is 2. The number of rotatable bonds is 10. The van der Waals surface area contributed by atoms with E-state index in [9.17, 15) is 5.11 Å². The lowest BCUT2D eigenvalue weighted by atomic mass is 10.3. The fraction of sp³-hybridized carbons (Fsp3) is 1.00. The number of hydrogen-bond donors (Lipinski definition) is 7. The van der Waals surface area contributed by atoms with Gasteiger partial charge in [-0.1, -0.05) is 0 Å². The predicted molar refractivity (Wildman–Crippen MR) is 60.6 cm³/mol. The summed E-state index contributed by atoms with van der Waals surface area (Å²) in [5.41, 5.74) is 5.28. The zero-order chi connectivity index (χ0) is 13.3. The number of aliphatic hydroxyl groups is 5. The molecule has 0 rings (SSSR count). The summed E-state index contributed by atoms with van der Waals surface area (Å²) in [7, 11) is 0. The van der Waals surface area contributed by atoms with Crippen LogP contribution in [0.1, 0.15) is 6.42 Å². The van der Waals surface area contributed by atoms with E-state index in [-0.39, 0.29) is 13.2 Å². The fourth-order valence-electron chi connectivity index (χ4n) is 1.36. The monoisotopic (exact) mass is 253 g/mol. The van der Waals surface area contributed by atoms with E-state index in [4.69, 9.17) is 26.2 Å². The zero-order valence-electron chi connectivity index (χ0n) is 9.79. The van der Waals surface area contributed by atoms with E-state index in [1.165, 1.54) is 4.90 Å². The fourth-order valence-corrected chi connectivity index (χ4v) is 1.36. The third-order valence-corrected chi connectivity index (χ3v) is 2.16. The Hall–Kier alpha value is -0.320. The van der Waals surface area contributed by atoms with E-state index in [1.54, 1.807) is 0 Å². The summed E-state index contributed by atoms with van der Waals surface area (Å²) in [6.45, 7) is 2.04. The van der Waals surface area contributed by atoms with Crippen LogP contribution in [0.15, 0.2) is 0 Å². The van der Waals surface area contributed by atoms with E-state index in [0.717, 1.165) is 0 Å². The van der Waals surface area contributed by atoms with Crippen molar-refractivity contribution < 1.29 is 25.5 Å². The van der Waals surface area contributed by atoms with Gasteiger partial charge in [0.05, 0.1) is 13.0 Å². The first-order valence-electron chi connectivity index (χ1n) is 5.51. The van der Waals surface area contributed by atoms with Crippen LogP contribution in [0, 0.1) is 0 Å². The molecule has 0 spiro atoms. The first-order chi connectivity index (χ1) is 7.90. The Morgan fingerprint density at radius 3 is 2.29 bits per heavy atom. The molecule has 1 unspecified atom stereocenters. The quantitative estimate of drug-likeness (QED) is 0.155. The Kier molecular flexibility index (Phi) is 8.56. The maximum atomic E-state index is 9.61. The molecular weight excluding hydrogens is 230 g/mol. The van der Waals surface area contributed by atoms with Gasteiger partial charge >= 0.3 is 0 Å². The highest BCUT2D eigenvalue weighted by atomic mass is 16.7. The second-order valence-electron chi connectivity index (χ2n) is 3.76. The predicted octanol–water partition coefficient (Wildman–Crippen LogP) is -3.83. The molecule has 0 aromatic rings. The van der Waals surface area contributed by atoms with Crippen molar-refractivity contribution in [2.75, 3.05) is 39.3 Å². The molecule has 0 saturated carbocycles. The molecule has 0 amide bonds. The van der Waals surface area contributed by atoms with E-state index < -0.39 is 18.6 Å². The van der Waals surface area contributed by atoms with E-state index in [2.05, 4.69) is 5.32 Å². The minimum Gasteiger partial charge on any atom is -0.395 e. The lowest BCUT2D eigenvalue weighted by Crippen LogP contribution is -2.46.